The van der Waals surface area contributed by atoms with Crippen LogP contribution in [-0.2, 0) is 6.54 Å². The summed E-state index contributed by atoms with van der Waals surface area (Å²) < 4.78 is 3.40. The monoisotopic (exact) mass is 465 g/mol. The van der Waals surface area contributed by atoms with Crippen LogP contribution in [0.4, 0.5) is 5.69 Å². The van der Waals surface area contributed by atoms with Crippen LogP contribution in [0.1, 0.15) is 5.56 Å². The number of hydrogen-bond acceptors (Lipinski definition) is 1. The molecule has 0 aliphatic rings. The summed E-state index contributed by atoms with van der Waals surface area (Å²) in [5.74, 6) is 0. The second kappa shape index (κ2) is 6.20. The molecule has 0 saturated heterocycles. The smallest absolute Gasteiger partial charge is 0.0478 e. The van der Waals surface area contributed by atoms with Gasteiger partial charge < -0.3 is 5.32 Å². The maximum atomic E-state index is 3.51. The maximum absolute atomic E-state index is 3.51. The highest BCUT2D eigenvalue weighted by molar-refractivity contribution is 14.1. The summed E-state index contributed by atoms with van der Waals surface area (Å²) in [6.07, 6.45) is 0. The topological polar surface area (TPSA) is 12.0 Å². The van der Waals surface area contributed by atoms with Gasteiger partial charge in [-0.05, 0) is 84.3 Å². The van der Waals surface area contributed by atoms with E-state index in [-0.39, 0.29) is 0 Å². The van der Waals surface area contributed by atoms with E-state index in [9.17, 15) is 0 Å². The molecule has 2 rings (SSSR count). The second-order valence-corrected chi connectivity index (χ2v) is 6.45. The molecule has 2 aromatic rings. The molecule has 0 heterocycles. The van der Waals surface area contributed by atoms with Crippen LogP contribution in [0, 0.1) is 3.57 Å². The van der Waals surface area contributed by atoms with Gasteiger partial charge in [-0.25, -0.2) is 0 Å². The molecule has 0 spiro atoms. The van der Waals surface area contributed by atoms with Crippen LogP contribution in [0.5, 0.6) is 0 Å². The van der Waals surface area contributed by atoms with Crippen molar-refractivity contribution in [3.8, 4) is 0 Å². The fourth-order valence-electron chi connectivity index (χ4n) is 1.45. The first-order valence-corrected chi connectivity index (χ1v) is 7.75. The third-order valence-electron chi connectivity index (χ3n) is 2.34. The van der Waals surface area contributed by atoms with Crippen LogP contribution in [0.3, 0.4) is 0 Å². The quantitative estimate of drug-likeness (QED) is 0.595. The third kappa shape index (κ3) is 3.69. The van der Waals surface area contributed by atoms with Crippen molar-refractivity contribution in [2.45, 2.75) is 6.54 Å². The molecule has 1 nitrogen and oxygen atoms in total. The highest BCUT2D eigenvalue weighted by atomic mass is 127. The van der Waals surface area contributed by atoms with Gasteiger partial charge in [-0.1, -0.05) is 18.2 Å². The molecule has 4 heteroatoms. The summed E-state index contributed by atoms with van der Waals surface area (Å²) in [7, 11) is 0. The lowest BCUT2D eigenvalue weighted by atomic mass is 10.2. The molecule has 0 unspecified atom stereocenters. The molecule has 0 amide bonds. The lowest BCUT2D eigenvalue weighted by Crippen LogP contribution is -2.00. The molecule has 1 N–H and O–H groups in total. The van der Waals surface area contributed by atoms with E-state index < -0.39 is 0 Å². The average molecular weight is 467 g/mol. The summed E-state index contributed by atoms with van der Waals surface area (Å²) >= 11 is 9.31. The lowest BCUT2D eigenvalue weighted by Gasteiger charge is -2.09. The summed E-state index contributed by atoms with van der Waals surface area (Å²) in [5.41, 5.74) is 2.42. The van der Waals surface area contributed by atoms with Crippen LogP contribution in [0.25, 0.3) is 0 Å². The third-order valence-corrected chi connectivity index (χ3v) is 5.16. The van der Waals surface area contributed by atoms with Crippen molar-refractivity contribution in [1.82, 2.24) is 0 Å². The Hall–Kier alpha value is -0.0700. The van der Waals surface area contributed by atoms with Crippen molar-refractivity contribution in [1.29, 1.82) is 0 Å². The Balaban J connectivity index is 2.08. The molecule has 0 atom stereocenters. The Kier molecular flexibility index (Phi) is 4.87. The van der Waals surface area contributed by atoms with Crippen molar-refractivity contribution in [2.75, 3.05) is 5.32 Å². The fourth-order valence-corrected chi connectivity index (χ4v) is 2.70. The average Bonchev–Trinajstić information content (AvgIpc) is 2.32. The molecule has 2 aromatic carbocycles. The Labute approximate surface area is 131 Å². The molecular formula is C13H10Br2IN. The normalized spacial score (nSPS) is 10.3. The minimum absolute atomic E-state index is 0.825. The van der Waals surface area contributed by atoms with Gasteiger partial charge in [0.15, 0.2) is 0 Å². The Morgan fingerprint density at radius 2 is 1.76 bits per heavy atom. The Bertz CT molecular complexity index is 529. The van der Waals surface area contributed by atoms with Crippen molar-refractivity contribution in [3.05, 3.63) is 60.5 Å². The zero-order valence-corrected chi connectivity index (χ0v) is 14.2. The number of halogens is 3. The minimum atomic E-state index is 0.825. The van der Waals surface area contributed by atoms with Crippen LogP contribution >= 0.6 is 54.5 Å². The second-order valence-electron chi connectivity index (χ2n) is 3.58. The van der Waals surface area contributed by atoms with Gasteiger partial charge >= 0.3 is 0 Å². The van der Waals surface area contributed by atoms with Gasteiger partial charge in [0.25, 0.3) is 0 Å². The largest absolute Gasteiger partial charge is 0.380 e. The van der Waals surface area contributed by atoms with Gasteiger partial charge in [-0.15, -0.1) is 0 Å². The summed E-state index contributed by atoms with van der Waals surface area (Å²) in [6.45, 7) is 0.825. The molecule has 0 aliphatic heterocycles. The number of rotatable bonds is 3. The van der Waals surface area contributed by atoms with Crippen LogP contribution < -0.4 is 5.32 Å². The molecule has 0 fully saturated rings. The summed E-state index contributed by atoms with van der Waals surface area (Å²) in [6, 6.07) is 14.6. The first-order valence-electron chi connectivity index (χ1n) is 5.09. The van der Waals surface area contributed by atoms with Crippen molar-refractivity contribution < 1.29 is 0 Å². The number of para-hydroxylation sites is 1. The highest BCUT2D eigenvalue weighted by Crippen LogP contribution is 2.24. The maximum Gasteiger partial charge on any atom is 0.0478 e. The number of benzene rings is 2. The van der Waals surface area contributed by atoms with E-state index in [1.54, 1.807) is 0 Å². The van der Waals surface area contributed by atoms with Gasteiger partial charge in [-0.2, -0.15) is 0 Å². The van der Waals surface area contributed by atoms with Crippen LogP contribution in [-0.4, -0.2) is 0 Å². The molecule has 0 aromatic heterocycles. The van der Waals surface area contributed by atoms with Gasteiger partial charge in [0.05, 0.1) is 0 Å². The van der Waals surface area contributed by atoms with E-state index in [2.05, 4.69) is 90.1 Å². The van der Waals surface area contributed by atoms with Crippen molar-refractivity contribution in [2.24, 2.45) is 0 Å². The Morgan fingerprint density at radius 1 is 1.00 bits per heavy atom. The van der Waals surface area contributed by atoms with E-state index in [0.717, 1.165) is 15.5 Å². The Morgan fingerprint density at radius 3 is 2.47 bits per heavy atom. The van der Waals surface area contributed by atoms with Crippen molar-refractivity contribution in [3.63, 3.8) is 0 Å². The lowest BCUT2D eigenvalue weighted by molar-refractivity contribution is 1.14. The molecule has 17 heavy (non-hydrogen) atoms. The molecule has 88 valence electrons. The highest BCUT2D eigenvalue weighted by Gasteiger charge is 2.00. The van der Waals surface area contributed by atoms with E-state index in [4.69, 9.17) is 0 Å². The standard InChI is InChI=1S/C13H10Br2IN/c14-10-6-5-9(7-11(10)15)8-17-13-4-2-1-3-12(13)16/h1-7,17H,8H2. The van der Waals surface area contributed by atoms with Gasteiger partial charge in [-0.3, -0.25) is 0 Å². The number of hydrogen-bond donors (Lipinski definition) is 1. The zero-order chi connectivity index (χ0) is 12.3. The van der Waals surface area contributed by atoms with Gasteiger partial charge in [0, 0.05) is 24.7 Å². The van der Waals surface area contributed by atoms with Crippen LogP contribution in [0.15, 0.2) is 51.4 Å². The first kappa shape index (κ1) is 13.4. The summed E-state index contributed by atoms with van der Waals surface area (Å²) in [4.78, 5) is 0. The molecule has 0 radical (unpaired) electrons. The van der Waals surface area contributed by atoms with E-state index in [0.29, 0.717) is 0 Å². The van der Waals surface area contributed by atoms with E-state index >= 15 is 0 Å². The first-order chi connectivity index (χ1) is 8.16. The molecule has 0 saturated carbocycles. The minimum Gasteiger partial charge on any atom is -0.380 e. The van der Waals surface area contributed by atoms with Crippen LogP contribution in [0.2, 0.25) is 0 Å². The van der Waals surface area contributed by atoms with Gasteiger partial charge in [0.1, 0.15) is 0 Å². The number of nitrogens with one attached hydrogen (secondary N) is 1. The number of anilines is 1. The van der Waals surface area contributed by atoms with E-state index in [1.807, 2.05) is 12.1 Å². The molecule has 0 bridgehead atoms. The fraction of sp³-hybridized carbons (Fsp3) is 0.0769. The summed E-state index contributed by atoms with van der Waals surface area (Å²) in [5, 5.41) is 3.43. The molecule has 0 aliphatic carbocycles. The van der Waals surface area contributed by atoms with Gasteiger partial charge in [0.2, 0.25) is 0 Å². The van der Waals surface area contributed by atoms with E-state index in [1.165, 1.54) is 14.8 Å². The predicted molar refractivity (Wildman–Crippen MR) is 88.3 cm³/mol. The predicted octanol–water partition coefficient (Wildman–Crippen LogP) is 5.43. The SMILES string of the molecule is Brc1ccc(CNc2ccccc2I)cc1Br. The molecular weight excluding hydrogens is 457 g/mol. The zero-order valence-electron chi connectivity index (χ0n) is 8.88. The van der Waals surface area contributed by atoms with Crippen molar-refractivity contribution >= 4 is 60.1 Å².